The van der Waals surface area contributed by atoms with Gasteiger partial charge in [0.15, 0.2) is 0 Å². The van der Waals surface area contributed by atoms with E-state index in [1.165, 1.54) is 18.4 Å². The maximum absolute atomic E-state index is 12.2. The third-order valence-electron chi connectivity index (χ3n) is 2.70. The van der Waals surface area contributed by atoms with E-state index in [0.29, 0.717) is 29.6 Å². The summed E-state index contributed by atoms with van der Waals surface area (Å²) < 4.78 is 25.7. The van der Waals surface area contributed by atoms with Gasteiger partial charge in [-0.3, -0.25) is 0 Å². The molecule has 4 nitrogen and oxygen atoms in total. The minimum Gasteiger partial charge on any atom is -0.370 e. The van der Waals surface area contributed by atoms with Crippen LogP contribution < -0.4 is 4.90 Å². The number of anilines is 1. The fraction of sp³-hybridized carbons (Fsp3) is 0.500. The summed E-state index contributed by atoms with van der Waals surface area (Å²) >= 11 is 5.75. The minimum absolute atomic E-state index is 0.321. The smallest absolute Gasteiger partial charge is 0.244 e. The summed E-state index contributed by atoms with van der Waals surface area (Å²) in [5, 5.41) is 0. The molecule has 102 valence electrons. The zero-order valence-electron chi connectivity index (χ0n) is 10.9. The van der Waals surface area contributed by atoms with Crippen LogP contribution in [-0.4, -0.2) is 45.8 Å². The number of hydrogen-bond donors (Lipinski definition) is 0. The van der Waals surface area contributed by atoms with Crippen LogP contribution in [-0.2, 0) is 10.0 Å². The molecule has 18 heavy (non-hydrogen) atoms. The molecular formula is C12H19ClN2O2S. The van der Waals surface area contributed by atoms with Gasteiger partial charge in [0, 0.05) is 33.1 Å². The normalized spacial score (nSPS) is 11.8. The number of sulfonamides is 1. The zero-order chi connectivity index (χ0) is 13.8. The highest BCUT2D eigenvalue weighted by atomic mass is 35.5. The first-order valence-corrected chi connectivity index (χ1v) is 7.75. The molecule has 0 bridgehead atoms. The lowest BCUT2D eigenvalue weighted by atomic mass is 10.3. The maximum Gasteiger partial charge on any atom is 0.244 e. The highest BCUT2D eigenvalue weighted by Crippen LogP contribution is 2.26. The summed E-state index contributed by atoms with van der Waals surface area (Å²) in [5.41, 5.74) is 0.703. The van der Waals surface area contributed by atoms with E-state index in [0.717, 1.165) is 0 Å². The number of nitrogens with zero attached hydrogens (tertiary/aromatic N) is 2. The third-order valence-corrected chi connectivity index (χ3v) is 4.73. The molecule has 0 saturated carbocycles. The van der Waals surface area contributed by atoms with E-state index in [4.69, 9.17) is 11.6 Å². The molecular weight excluding hydrogens is 272 g/mol. The van der Waals surface area contributed by atoms with E-state index >= 15 is 0 Å². The molecule has 0 atom stereocenters. The van der Waals surface area contributed by atoms with Crippen LogP contribution in [0.1, 0.15) is 6.92 Å². The van der Waals surface area contributed by atoms with Crippen LogP contribution in [0.3, 0.4) is 0 Å². The van der Waals surface area contributed by atoms with Crippen molar-refractivity contribution < 1.29 is 8.42 Å². The van der Waals surface area contributed by atoms with Gasteiger partial charge in [0.05, 0.1) is 5.69 Å². The van der Waals surface area contributed by atoms with Gasteiger partial charge in [-0.2, -0.15) is 0 Å². The van der Waals surface area contributed by atoms with Crippen molar-refractivity contribution in [2.45, 2.75) is 11.8 Å². The molecule has 1 aromatic rings. The predicted octanol–water partition coefficient (Wildman–Crippen LogP) is 2.00. The molecule has 0 spiro atoms. The lowest BCUT2D eigenvalue weighted by Gasteiger charge is -2.25. The first kappa shape index (κ1) is 15.3. The van der Waals surface area contributed by atoms with Crippen molar-refractivity contribution in [3.8, 4) is 0 Å². The van der Waals surface area contributed by atoms with Crippen LogP contribution in [0, 0.1) is 0 Å². The summed E-state index contributed by atoms with van der Waals surface area (Å²) in [4.78, 5) is 2.28. The standard InChI is InChI=1S/C12H19ClN2O2S/c1-4-15(10-9-13)11-7-5-6-8-12(11)18(16,17)14(2)3/h5-8H,4,9-10H2,1-3H3. The van der Waals surface area contributed by atoms with Crippen molar-refractivity contribution in [1.29, 1.82) is 0 Å². The SMILES string of the molecule is CCN(CCCl)c1ccccc1S(=O)(=O)N(C)C. The number of benzene rings is 1. The highest BCUT2D eigenvalue weighted by molar-refractivity contribution is 7.89. The number of rotatable bonds is 6. The van der Waals surface area contributed by atoms with Gasteiger partial charge >= 0.3 is 0 Å². The third kappa shape index (κ3) is 3.16. The highest BCUT2D eigenvalue weighted by Gasteiger charge is 2.22. The van der Waals surface area contributed by atoms with Crippen molar-refractivity contribution in [3.63, 3.8) is 0 Å². The topological polar surface area (TPSA) is 40.6 Å². The van der Waals surface area contributed by atoms with E-state index in [1.807, 2.05) is 24.0 Å². The molecule has 0 amide bonds. The predicted molar refractivity (Wildman–Crippen MR) is 75.9 cm³/mol. The van der Waals surface area contributed by atoms with Gasteiger partial charge in [-0.05, 0) is 19.1 Å². The summed E-state index contributed by atoms with van der Waals surface area (Å²) in [6.45, 7) is 3.32. The Balaban J connectivity index is 3.30. The summed E-state index contributed by atoms with van der Waals surface area (Å²) in [6.07, 6.45) is 0. The van der Waals surface area contributed by atoms with E-state index in [2.05, 4.69) is 0 Å². The Kier molecular flexibility index (Phi) is 5.44. The van der Waals surface area contributed by atoms with Crippen molar-refractivity contribution in [2.75, 3.05) is 38.0 Å². The Hall–Kier alpha value is -0.780. The van der Waals surface area contributed by atoms with Gasteiger partial charge in [0.1, 0.15) is 4.90 Å². The van der Waals surface area contributed by atoms with E-state index in [9.17, 15) is 8.42 Å². The fourth-order valence-corrected chi connectivity index (χ4v) is 2.99. The van der Waals surface area contributed by atoms with Crippen LogP contribution >= 0.6 is 11.6 Å². The monoisotopic (exact) mass is 290 g/mol. The van der Waals surface area contributed by atoms with Crippen LogP contribution in [0.2, 0.25) is 0 Å². The summed E-state index contributed by atoms with van der Waals surface area (Å²) in [6, 6.07) is 7.00. The molecule has 1 aromatic carbocycles. The Morgan fingerprint density at radius 1 is 1.22 bits per heavy atom. The van der Waals surface area contributed by atoms with Crippen molar-refractivity contribution >= 4 is 27.3 Å². The molecule has 0 heterocycles. The molecule has 1 rings (SSSR count). The average Bonchev–Trinajstić information content (AvgIpc) is 2.35. The quantitative estimate of drug-likeness (QED) is 0.753. The van der Waals surface area contributed by atoms with Crippen LogP contribution in [0.15, 0.2) is 29.2 Å². The van der Waals surface area contributed by atoms with Gasteiger partial charge in [0.2, 0.25) is 10.0 Å². The fourth-order valence-electron chi connectivity index (χ4n) is 1.68. The molecule has 0 aliphatic rings. The maximum atomic E-state index is 12.2. The van der Waals surface area contributed by atoms with Crippen molar-refractivity contribution in [2.24, 2.45) is 0 Å². The second-order valence-electron chi connectivity index (χ2n) is 4.02. The number of halogens is 1. The van der Waals surface area contributed by atoms with Gasteiger partial charge < -0.3 is 4.90 Å². The zero-order valence-corrected chi connectivity index (χ0v) is 12.5. The Morgan fingerprint density at radius 2 is 1.83 bits per heavy atom. The molecule has 0 aliphatic heterocycles. The Labute approximate surface area is 114 Å². The van der Waals surface area contributed by atoms with Gasteiger partial charge in [-0.25, -0.2) is 12.7 Å². The molecule has 0 saturated heterocycles. The van der Waals surface area contributed by atoms with Crippen molar-refractivity contribution in [1.82, 2.24) is 4.31 Å². The van der Waals surface area contributed by atoms with Crippen LogP contribution in [0.25, 0.3) is 0 Å². The Bertz CT molecular complexity index is 489. The molecule has 0 N–H and O–H groups in total. The van der Waals surface area contributed by atoms with Crippen molar-refractivity contribution in [3.05, 3.63) is 24.3 Å². The van der Waals surface area contributed by atoms with Gasteiger partial charge in [0.25, 0.3) is 0 Å². The average molecular weight is 291 g/mol. The number of alkyl halides is 1. The lowest BCUT2D eigenvalue weighted by Crippen LogP contribution is -2.29. The van der Waals surface area contributed by atoms with E-state index in [1.54, 1.807) is 12.1 Å². The first-order chi connectivity index (χ1) is 8.45. The second-order valence-corrected chi connectivity index (χ2v) is 6.52. The molecule has 0 aliphatic carbocycles. The molecule has 0 radical (unpaired) electrons. The van der Waals surface area contributed by atoms with E-state index < -0.39 is 10.0 Å². The van der Waals surface area contributed by atoms with Gasteiger partial charge in [-0.1, -0.05) is 12.1 Å². The first-order valence-electron chi connectivity index (χ1n) is 5.77. The largest absolute Gasteiger partial charge is 0.370 e. The summed E-state index contributed by atoms with van der Waals surface area (Å²) in [5.74, 6) is 0.462. The van der Waals surface area contributed by atoms with E-state index in [-0.39, 0.29) is 0 Å². The molecule has 0 aromatic heterocycles. The number of hydrogen-bond acceptors (Lipinski definition) is 3. The summed E-state index contributed by atoms with van der Waals surface area (Å²) in [7, 11) is -0.369. The second kappa shape index (κ2) is 6.41. The molecule has 0 unspecified atom stereocenters. The minimum atomic E-state index is -3.43. The molecule has 6 heteroatoms. The Morgan fingerprint density at radius 3 is 2.33 bits per heavy atom. The lowest BCUT2D eigenvalue weighted by molar-refractivity contribution is 0.520. The number of para-hydroxylation sites is 1. The molecule has 0 fully saturated rings. The van der Waals surface area contributed by atoms with Crippen LogP contribution in [0.5, 0.6) is 0 Å². The van der Waals surface area contributed by atoms with Crippen LogP contribution in [0.4, 0.5) is 5.69 Å². The van der Waals surface area contributed by atoms with Gasteiger partial charge in [-0.15, -0.1) is 11.6 Å².